The van der Waals surface area contributed by atoms with Gasteiger partial charge in [-0.3, -0.25) is 19.8 Å². The van der Waals surface area contributed by atoms with Crippen LogP contribution in [0.3, 0.4) is 0 Å². The van der Waals surface area contributed by atoms with Crippen LogP contribution in [-0.2, 0) is 27.5 Å². The Morgan fingerprint density at radius 2 is 1.35 bits per heavy atom. The van der Waals surface area contributed by atoms with E-state index in [1.54, 1.807) is 29.2 Å². The average molecular weight is 544 g/mol. The van der Waals surface area contributed by atoms with Crippen LogP contribution in [0.4, 0.5) is 10.5 Å². The van der Waals surface area contributed by atoms with Crippen molar-refractivity contribution in [1.29, 1.82) is 0 Å². The second-order valence-electron chi connectivity index (χ2n) is 9.26. The molecule has 208 valence electrons. The standard InChI is InChI=1S/C30H33N5O5/c31-29(33-30(38)40-22-24-9-5-2-6-10-24)32-26-13-11-25(12-14-26)28(37)35-19-17-34(18-20-35)16-15-27(36)39-21-23-7-3-1-4-8-23/h1-14H,15-22H2,(H3,31,32,33,38). The first kappa shape index (κ1) is 28.3. The summed E-state index contributed by atoms with van der Waals surface area (Å²) in [7, 11) is 0. The number of carbonyl (C=O) groups is 3. The van der Waals surface area contributed by atoms with E-state index in [1.165, 1.54) is 0 Å². The minimum Gasteiger partial charge on any atom is -0.461 e. The Morgan fingerprint density at radius 3 is 1.95 bits per heavy atom. The molecule has 0 unspecified atom stereocenters. The van der Waals surface area contributed by atoms with Crippen molar-refractivity contribution in [1.82, 2.24) is 15.1 Å². The lowest BCUT2D eigenvalue weighted by Gasteiger charge is -2.34. The van der Waals surface area contributed by atoms with E-state index in [0.717, 1.165) is 11.1 Å². The molecular weight excluding hydrogens is 510 g/mol. The molecule has 0 aromatic heterocycles. The van der Waals surface area contributed by atoms with Gasteiger partial charge in [-0.05, 0) is 35.4 Å². The molecule has 2 amide bonds. The van der Waals surface area contributed by atoms with Crippen molar-refractivity contribution in [3.05, 3.63) is 102 Å². The van der Waals surface area contributed by atoms with E-state index in [1.807, 2.05) is 60.7 Å². The van der Waals surface area contributed by atoms with Crippen molar-refractivity contribution < 1.29 is 23.9 Å². The lowest BCUT2D eigenvalue weighted by molar-refractivity contribution is -0.145. The van der Waals surface area contributed by atoms with E-state index in [-0.39, 0.29) is 31.0 Å². The molecule has 3 aromatic rings. The summed E-state index contributed by atoms with van der Waals surface area (Å²) in [6.07, 6.45) is -0.397. The van der Waals surface area contributed by atoms with Crippen molar-refractivity contribution in [2.75, 3.05) is 32.7 Å². The molecule has 10 nitrogen and oxygen atoms in total. The van der Waals surface area contributed by atoms with Crippen molar-refractivity contribution >= 4 is 29.6 Å². The van der Waals surface area contributed by atoms with Crippen molar-refractivity contribution in [3.8, 4) is 0 Å². The van der Waals surface area contributed by atoms with Gasteiger partial charge in [-0.15, -0.1) is 0 Å². The lowest BCUT2D eigenvalue weighted by Crippen LogP contribution is -2.49. The Balaban J connectivity index is 1.16. The maximum Gasteiger partial charge on any atom is 0.414 e. The van der Waals surface area contributed by atoms with Gasteiger partial charge in [0, 0.05) is 38.3 Å². The SMILES string of the molecule is NC(=Nc1ccc(C(=O)N2CCN(CCC(=O)OCc3ccccc3)CC2)cc1)NC(=O)OCc1ccccc1. The number of benzene rings is 3. The summed E-state index contributed by atoms with van der Waals surface area (Å²) in [6.45, 7) is 3.49. The van der Waals surface area contributed by atoms with Crippen LogP contribution in [0.1, 0.15) is 27.9 Å². The number of nitrogens with one attached hydrogen (secondary N) is 1. The van der Waals surface area contributed by atoms with Gasteiger partial charge in [0.15, 0.2) is 0 Å². The Labute approximate surface area is 233 Å². The molecule has 0 atom stereocenters. The third kappa shape index (κ3) is 8.95. The highest BCUT2D eigenvalue weighted by atomic mass is 16.5. The summed E-state index contributed by atoms with van der Waals surface area (Å²) in [6, 6.07) is 25.6. The molecular formula is C30H33N5O5. The third-order valence-electron chi connectivity index (χ3n) is 6.34. The van der Waals surface area contributed by atoms with Gasteiger partial charge >= 0.3 is 12.1 Å². The normalized spacial score (nSPS) is 13.9. The summed E-state index contributed by atoms with van der Waals surface area (Å²) >= 11 is 0. The largest absolute Gasteiger partial charge is 0.461 e. The second kappa shape index (κ2) is 14.5. The van der Waals surface area contributed by atoms with Crippen LogP contribution >= 0.6 is 0 Å². The van der Waals surface area contributed by atoms with E-state index >= 15 is 0 Å². The number of piperazine rings is 1. The van der Waals surface area contributed by atoms with Crippen molar-refractivity contribution in [2.45, 2.75) is 19.6 Å². The summed E-state index contributed by atoms with van der Waals surface area (Å²) < 4.78 is 10.5. The van der Waals surface area contributed by atoms with Crippen LogP contribution in [0, 0.1) is 0 Å². The fourth-order valence-corrected chi connectivity index (χ4v) is 4.13. The number of nitrogens with two attached hydrogens (primary N) is 1. The number of aliphatic imine (C=N–C) groups is 1. The molecule has 1 fully saturated rings. The lowest BCUT2D eigenvalue weighted by atomic mass is 10.1. The molecule has 0 radical (unpaired) electrons. The Bertz CT molecular complexity index is 1290. The maximum absolute atomic E-state index is 13.0. The molecule has 0 aliphatic carbocycles. The molecule has 0 spiro atoms. The quantitative estimate of drug-likeness (QED) is 0.240. The third-order valence-corrected chi connectivity index (χ3v) is 6.34. The molecule has 1 aliphatic rings. The number of hydrogen-bond acceptors (Lipinski definition) is 7. The van der Waals surface area contributed by atoms with Gasteiger partial charge in [0.05, 0.1) is 12.1 Å². The monoisotopic (exact) mass is 543 g/mol. The molecule has 40 heavy (non-hydrogen) atoms. The summed E-state index contributed by atoms with van der Waals surface area (Å²) in [5.41, 5.74) is 8.66. The molecule has 1 aliphatic heterocycles. The summed E-state index contributed by atoms with van der Waals surface area (Å²) in [5.74, 6) is -0.421. The highest BCUT2D eigenvalue weighted by molar-refractivity contribution is 5.96. The Kier molecular flexibility index (Phi) is 10.2. The van der Waals surface area contributed by atoms with E-state index < -0.39 is 6.09 Å². The van der Waals surface area contributed by atoms with Gasteiger partial charge in [0.2, 0.25) is 5.96 Å². The second-order valence-corrected chi connectivity index (χ2v) is 9.26. The van der Waals surface area contributed by atoms with Crippen LogP contribution in [-0.4, -0.2) is 66.5 Å². The van der Waals surface area contributed by atoms with Gasteiger partial charge in [0.1, 0.15) is 13.2 Å². The van der Waals surface area contributed by atoms with E-state index in [4.69, 9.17) is 15.2 Å². The molecule has 3 N–H and O–H groups in total. The fourth-order valence-electron chi connectivity index (χ4n) is 4.13. The number of esters is 1. The molecule has 10 heteroatoms. The van der Waals surface area contributed by atoms with Crippen molar-refractivity contribution in [2.24, 2.45) is 10.7 Å². The van der Waals surface area contributed by atoms with Crippen LogP contribution in [0.15, 0.2) is 89.9 Å². The Hall–Kier alpha value is -4.70. The number of alkyl carbamates (subject to hydrolysis) is 1. The number of amides is 2. The molecule has 3 aromatic carbocycles. The number of guanidine groups is 1. The van der Waals surface area contributed by atoms with Gasteiger partial charge in [-0.2, -0.15) is 0 Å². The van der Waals surface area contributed by atoms with Crippen LogP contribution in [0.5, 0.6) is 0 Å². The van der Waals surface area contributed by atoms with E-state index in [9.17, 15) is 14.4 Å². The van der Waals surface area contributed by atoms with E-state index in [2.05, 4.69) is 15.2 Å². The first-order chi connectivity index (χ1) is 19.5. The zero-order valence-electron chi connectivity index (χ0n) is 22.2. The molecule has 1 saturated heterocycles. The average Bonchev–Trinajstić information content (AvgIpc) is 2.99. The fraction of sp³-hybridized carbons (Fsp3) is 0.267. The topological polar surface area (TPSA) is 127 Å². The zero-order chi connectivity index (χ0) is 28.2. The zero-order valence-corrected chi connectivity index (χ0v) is 22.2. The van der Waals surface area contributed by atoms with Gasteiger partial charge in [0.25, 0.3) is 5.91 Å². The Morgan fingerprint density at radius 1 is 0.775 bits per heavy atom. The molecule has 0 bridgehead atoms. The number of hydrogen-bond donors (Lipinski definition) is 2. The van der Waals surface area contributed by atoms with E-state index in [0.29, 0.717) is 50.4 Å². The van der Waals surface area contributed by atoms with Gasteiger partial charge in [-0.25, -0.2) is 9.79 Å². The van der Waals surface area contributed by atoms with Gasteiger partial charge in [-0.1, -0.05) is 60.7 Å². The number of ether oxygens (including phenoxy) is 2. The number of carbonyl (C=O) groups excluding carboxylic acids is 3. The highest BCUT2D eigenvalue weighted by Crippen LogP contribution is 2.16. The highest BCUT2D eigenvalue weighted by Gasteiger charge is 2.22. The minimum atomic E-state index is -0.708. The first-order valence-electron chi connectivity index (χ1n) is 13.1. The number of nitrogens with zero attached hydrogens (tertiary/aromatic N) is 3. The maximum atomic E-state index is 13.0. The summed E-state index contributed by atoms with van der Waals surface area (Å²) in [5, 5.41) is 2.38. The molecule has 0 saturated carbocycles. The first-order valence-corrected chi connectivity index (χ1v) is 13.1. The molecule has 4 rings (SSSR count). The smallest absolute Gasteiger partial charge is 0.414 e. The molecule has 1 heterocycles. The van der Waals surface area contributed by atoms with Crippen LogP contribution < -0.4 is 11.1 Å². The van der Waals surface area contributed by atoms with Crippen molar-refractivity contribution in [3.63, 3.8) is 0 Å². The number of rotatable bonds is 9. The predicted octanol–water partition coefficient (Wildman–Crippen LogP) is 3.45. The minimum absolute atomic E-state index is 0.0759. The van der Waals surface area contributed by atoms with Crippen LogP contribution in [0.25, 0.3) is 0 Å². The summed E-state index contributed by atoms with van der Waals surface area (Å²) in [4.78, 5) is 45.1. The predicted molar refractivity (Wildman–Crippen MR) is 151 cm³/mol. The van der Waals surface area contributed by atoms with Crippen LogP contribution in [0.2, 0.25) is 0 Å². The van der Waals surface area contributed by atoms with Gasteiger partial charge < -0.3 is 20.1 Å².